The van der Waals surface area contributed by atoms with Crippen molar-refractivity contribution in [2.24, 2.45) is 7.05 Å². The van der Waals surface area contributed by atoms with Gasteiger partial charge in [0.15, 0.2) is 0 Å². The van der Waals surface area contributed by atoms with E-state index in [1.54, 1.807) is 6.20 Å². The molecule has 1 saturated heterocycles. The molecule has 1 aromatic rings. The Morgan fingerprint density at radius 2 is 2.32 bits per heavy atom. The highest BCUT2D eigenvalue weighted by molar-refractivity contribution is 6.29. The fourth-order valence-electron chi connectivity index (χ4n) is 2.69. The Kier molecular flexibility index (Phi) is 5.67. The van der Waals surface area contributed by atoms with Gasteiger partial charge in [0.2, 0.25) is 0 Å². The Hall–Kier alpha value is -0.580. The standard InChI is InChI=1S/C14H25ClN4/c1-12-6-3-4-8-19(12)9-5-7-16-11-14-17-10-13(15)18(14)2/h10,12,16H,3-9,11H2,1-2H3. The molecule has 1 aliphatic rings. The highest BCUT2D eigenvalue weighted by atomic mass is 35.5. The monoisotopic (exact) mass is 284 g/mol. The molecule has 5 heteroatoms. The second kappa shape index (κ2) is 7.27. The van der Waals surface area contributed by atoms with Crippen LogP contribution in [0.2, 0.25) is 5.15 Å². The number of nitrogens with one attached hydrogen (secondary N) is 1. The van der Waals surface area contributed by atoms with Crippen LogP contribution in [0.5, 0.6) is 0 Å². The molecule has 1 N–H and O–H groups in total. The summed E-state index contributed by atoms with van der Waals surface area (Å²) in [4.78, 5) is 6.89. The third-order valence-corrected chi connectivity index (χ3v) is 4.40. The number of halogens is 1. The number of hydrogen-bond donors (Lipinski definition) is 1. The van der Waals surface area contributed by atoms with Gasteiger partial charge in [-0.25, -0.2) is 4.98 Å². The predicted molar refractivity (Wildman–Crippen MR) is 79.4 cm³/mol. The van der Waals surface area contributed by atoms with Gasteiger partial charge in [-0.15, -0.1) is 0 Å². The van der Waals surface area contributed by atoms with Crippen molar-refractivity contribution in [3.63, 3.8) is 0 Å². The Labute approximate surface area is 121 Å². The molecule has 19 heavy (non-hydrogen) atoms. The van der Waals surface area contributed by atoms with E-state index in [0.717, 1.165) is 25.0 Å². The zero-order chi connectivity index (χ0) is 13.7. The van der Waals surface area contributed by atoms with Crippen molar-refractivity contribution < 1.29 is 0 Å². The molecule has 0 bridgehead atoms. The van der Waals surface area contributed by atoms with Gasteiger partial charge in [-0.1, -0.05) is 18.0 Å². The SMILES string of the molecule is CC1CCCCN1CCCNCc1ncc(Cl)n1C. The highest BCUT2D eigenvalue weighted by Gasteiger charge is 2.16. The highest BCUT2D eigenvalue weighted by Crippen LogP contribution is 2.16. The largest absolute Gasteiger partial charge is 0.321 e. The van der Waals surface area contributed by atoms with Gasteiger partial charge in [-0.05, 0) is 45.8 Å². The third kappa shape index (κ3) is 4.20. The second-order valence-electron chi connectivity index (χ2n) is 5.47. The van der Waals surface area contributed by atoms with Crippen LogP contribution in [-0.4, -0.2) is 40.1 Å². The lowest BCUT2D eigenvalue weighted by molar-refractivity contribution is 0.159. The summed E-state index contributed by atoms with van der Waals surface area (Å²) in [5.74, 6) is 0.997. The van der Waals surface area contributed by atoms with Gasteiger partial charge in [0.25, 0.3) is 0 Å². The molecule has 0 spiro atoms. The zero-order valence-electron chi connectivity index (χ0n) is 12.0. The maximum atomic E-state index is 5.95. The zero-order valence-corrected chi connectivity index (χ0v) is 12.8. The number of aromatic nitrogens is 2. The molecule has 4 nitrogen and oxygen atoms in total. The van der Waals surface area contributed by atoms with Crippen LogP contribution in [-0.2, 0) is 13.6 Å². The maximum absolute atomic E-state index is 5.95. The number of hydrogen-bond acceptors (Lipinski definition) is 3. The van der Waals surface area contributed by atoms with Gasteiger partial charge in [-0.3, -0.25) is 0 Å². The van der Waals surface area contributed by atoms with E-state index in [1.807, 2.05) is 11.6 Å². The molecule has 1 fully saturated rings. The fraction of sp³-hybridized carbons (Fsp3) is 0.786. The molecule has 1 aromatic heterocycles. The first-order valence-corrected chi connectivity index (χ1v) is 7.67. The van der Waals surface area contributed by atoms with E-state index in [2.05, 4.69) is 22.1 Å². The van der Waals surface area contributed by atoms with Crippen molar-refractivity contribution in [3.05, 3.63) is 17.2 Å². The molecule has 0 radical (unpaired) electrons. The lowest BCUT2D eigenvalue weighted by Gasteiger charge is -2.33. The van der Waals surface area contributed by atoms with E-state index in [4.69, 9.17) is 11.6 Å². The molecule has 1 atom stereocenters. The Morgan fingerprint density at radius 1 is 1.47 bits per heavy atom. The van der Waals surface area contributed by atoms with Gasteiger partial charge in [-0.2, -0.15) is 0 Å². The molecule has 1 unspecified atom stereocenters. The minimum absolute atomic E-state index is 0.693. The fourth-order valence-corrected chi connectivity index (χ4v) is 2.83. The number of imidazole rings is 1. The molecule has 2 rings (SSSR count). The van der Waals surface area contributed by atoms with Crippen LogP contribution in [0.3, 0.4) is 0 Å². The smallest absolute Gasteiger partial charge is 0.128 e. The third-order valence-electron chi connectivity index (χ3n) is 4.05. The van der Waals surface area contributed by atoms with E-state index in [9.17, 15) is 0 Å². The Morgan fingerprint density at radius 3 is 3.00 bits per heavy atom. The van der Waals surface area contributed by atoms with Crippen molar-refractivity contribution in [1.82, 2.24) is 19.8 Å². The Balaban J connectivity index is 1.60. The average Bonchev–Trinajstić information content (AvgIpc) is 2.72. The molecule has 0 aromatic carbocycles. The van der Waals surface area contributed by atoms with E-state index >= 15 is 0 Å². The number of nitrogens with zero attached hydrogens (tertiary/aromatic N) is 3. The van der Waals surface area contributed by atoms with E-state index in [-0.39, 0.29) is 0 Å². The first-order valence-electron chi connectivity index (χ1n) is 7.29. The quantitative estimate of drug-likeness (QED) is 0.815. The molecule has 0 aliphatic carbocycles. The van der Waals surface area contributed by atoms with E-state index in [1.165, 1.54) is 38.8 Å². The first-order chi connectivity index (χ1) is 9.18. The minimum Gasteiger partial charge on any atom is -0.321 e. The van der Waals surface area contributed by atoms with Crippen molar-refractivity contribution in [3.8, 4) is 0 Å². The summed E-state index contributed by atoms with van der Waals surface area (Å²) >= 11 is 5.95. The molecule has 1 aliphatic heterocycles. The summed E-state index contributed by atoms with van der Waals surface area (Å²) in [6, 6.07) is 0.766. The molecule has 2 heterocycles. The van der Waals surface area contributed by atoms with Crippen molar-refractivity contribution in [1.29, 1.82) is 0 Å². The molecule has 0 amide bonds. The molecule has 108 valence electrons. The summed E-state index contributed by atoms with van der Waals surface area (Å²) < 4.78 is 1.92. The normalized spacial score (nSPS) is 20.9. The topological polar surface area (TPSA) is 33.1 Å². The van der Waals surface area contributed by atoms with Crippen LogP contribution in [0.1, 0.15) is 38.4 Å². The lowest BCUT2D eigenvalue weighted by Crippen LogP contribution is -2.38. The summed E-state index contributed by atoms with van der Waals surface area (Å²) in [6.45, 7) is 6.65. The lowest BCUT2D eigenvalue weighted by atomic mass is 10.0. The number of rotatable bonds is 6. The van der Waals surface area contributed by atoms with Crippen molar-refractivity contribution in [2.75, 3.05) is 19.6 Å². The maximum Gasteiger partial charge on any atom is 0.128 e. The van der Waals surface area contributed by atoms with Crippen LogP contribution < -0.4 is 5.32 Å². The average molecular weight is 285 g/mol. The summed E-state index contributed by atoms with van der Waals surface area (Å²) in [5.41, 5.74) is 0. The van der Waals surface area contributed by atoms with Crippen LogP contribution in [0.25, 0.3) is 0 Å². The van der Waals surface area contributed by atoms with Gasteiger partial charge in [0, 0.05) is 13.1 Å². The first kappa shape index (κ1) is 14.8. The van der Waals surface area contributed by atoms with Gasteiger partial charge in [0.1, 0.15) is 11.0 Å². The molecule has 0 saturated carbocycles. The predicted octanol–water partition coefficient (Wildman–Crippen LogP) is 2.43. The number of likely N-dealkylation sites (tertiary alicyclic amines) is 1. The second-order valence-corrected chi connectivity index (χ2v) is 5.85. The molecular formula is C14H25ClN4. The minimum atomic E-state index is 0.693. The van der Waals surface area contributed by atoms with Crippen molar-refractivity contribution in [2.45, 2.75) is 45.2 Å². The molecular weight excluding hydrogens is 260 g/mol. The summed E-state index contributed by atoms with van der Waals surface area (Å²) in [5, 5.41) is 4.14. The van der Waals surface area contributed by atoms with Crippen LogP contribution in [0, 0.1) is 0 Å². The number of piperidine rings is 1. The van der Waals surface area contributed by atoms with Gasteiger partial charge < -0.3 is 14.8 Å². The van der Waals surface area contributed by atoms with Crippen LogP contribution >= 0.6 is 11.6 Å². The Bertz CT molecular complexity index is 391. The van der Waals surface area contributed by atoms with Crippen LogP contribution in [0.15, 0.2) is 6.20 Å². The van der Waals surface area contributed by atoms with E-state index < -0.39 is 0 Å². The summed E-state index contributed by atoms with van der Waals surface area (Å²) in [6.07, 6.45) is 7.02. The van der Waals surface area contributed by atoms with Gasteiger partial charge in [0.05, 0.1) is 12.7 Å². The van der Waals surface area contributed by atoms with Crippen LogP contribution in [0.4, 0.5) is 0 Å². The van der Waals surface area contributed by atoms with Gasteiger partial charge >= 0.3 is 0 Å². The summed E-state index contributed by atoms with van der Waals surface area (Å²) in [7, 11) is 1.95. The van der Waals surface area contributed by atoms with E-state index in [0.29, 0.717) is 5.15 Å². The van der Waals surface area contributed by atoms with Crippen molar-refractivity contribution >= 4 is 11.6 Å².